The summed E-state index contributed by atoms with van der Waals surface area (Å²) in [5.41, 5.74) is 0. The third kappa shape index (κ3) is 32.1. The summed E-state index contributed by atoms with van der Waals surface area (Å²) in [4.78, 5) is 9.52. The molecule has 0 saturated heterocycles. The molecule has 9 heavy (non-hydrogen) atoms. The number of hydrogen-bond acceptors (Lipinski definition) is 3. The minimum atomic E-state index is -1.07. The quantitative estimate of drug-likeness (QED) is 0.391. The molecule has 0 aliphatic rings. The van der Waals surface area contributed by atoms with Crippen LogP contribution in [0.15, 0.2) is 0 Å². The van der Waals surface area contributed by atoms with Gasteiger partial charge in [-0.1, -0.05) is 0 Å². The SMILES string of the molecule is O=C(O)COCO.[Rf].[Rf]. The van der Waals surface area contributed by atoms with Gasteiger partial charge in [0.1, 0.15) is 13.4 Å². The molecular formula is C3H6O4Rf2. The number of carboxylic acid groups (broad SMARTS) is 1. The first-order valence-corrected chi connectivity index (χ1v) is 1.67. The van der Waals surface area contributed by atoms with Crippen LogP contribution in [-0.2, 0) is 9.53 Å². The Morgan fingerprint density at radius 3 is 2.00 bits per heavy atom. The number of ether oxygens (including phenoxy) is 1. The largest absolute Gasteiger partial charge is 0.480 e. The van der Waals surface area contributed by atoms with Gasteiger partial charge in [0.25, 0.3) is 0 Å². The fourth-order valence-electron chi connectivity index (χ4n) is 0.133. The molecule has 6 heteroatoms. The van der Waals surface area contributed by atoms with Gasteiger partial charge >= 0.3 is 5.97 Å². The summed E-state index contributed by atoms with van der Waals surface area (Å²) < 4.78 is 4.05. The van der Waals surface area contributed by atoms with Gasteiger partial charge in [-0.05, 0) is 0 Å². The van der Waals surface area contributed by atoms with E-state index in [2.05, 4.69) is 4.74 Å². The maximum Gasteiger partial charge on any atom is 0.329 e. The van der Waals surface area contributed by atoms with Crippen molar-refractivity contribution < 1.29 is 19.7 Å². The van der Waals surface area contributed by atoms with Crippen molar-refractivity contribution in [1.29, 1.82) is 0 Å². The van der Waals surface area contributed by atoms with E-state index in [9.17, 15) is 4.79 Å². The molecule has 0 aliphatic heterocycles. The zero-order valence-corrected chi connectivity index (χ0v) is 17.8. The molecule has 0 saturated carbocycles. The van der Waals surface area contributed by atoms with Gasteiger partial charge in [0.2, 0.25) is 0 Å². The zero-order valence-electron chi connectivity index (χ0n) is 5.04. The molecular weight excluding hydrogens is 634 g/mol. The summed E-state index contributed by atoms with van der Waals surface area (Å²) in [5, 5.41) is 15.6. The van der Waals surface area contributed by atoms with Crippen molar-refractivity contribution in [3.63, 3.8) is 0 Å². The third-order valence-corrected chi connectivity index (χ3v) is 0.317. The van der Waals surface area contributed by atoms with E-state index >= 15 is 0 Å². The number of rotatable bonds is 3. The fourth-order valence-corrected chi connectivity index (χ4v) is 0.133. The van der Waals surface area contributed by atoms with Crippen molar-refractivity contribution in [1.82, 2.24) is 0 Å². The van der Waals surface area contributed by atoms with Crippen molar-refractivity contribution in [3.05, 3.63) is 0 Å². The van der Waals surface area contributed by atoms with E-state index in [1.165, 1.54) is 0 Å². The van der Waals surface area contributed by atoms with Crippen LogP contribution >= 0.6 is 0 Å². The summed E-state index contributed by atoms with van der Waals surface area (Å²) in [6, 6.07) is 0. The Kier molecular flexibility index (Phi) is 16.2. The molecule has 0 spiro atoms. The molecule has 2 N–H and O–H groups in total. The molecule has 0 fully saturated rings. The minimum Gasteiger partial charge on any atom is -0.480 e. The van der Waals surface area contributed by atoms with Gasteiger partial charge in [-0.15, -0.1) is 0 Å². The number of carbonyl (C=O) groups is 1. The molecule has 0 aromatic rings. The molecule has 0 aromatic heterocycles. The van der Waals surface area contributed by atoms with Crippen molar-refractivity contribution in [3.8, 4) is 0 Å². The van der Waals surface area contributed by atoms with Crippen molar-refractivity contribution >= 4 is 5.97 Å². The van der Waals surface area contributed by atoms with Gasteiger partial charge in [0.15, 0.2) is 0 Å². The van der Waals surface area contributed by atoms with E-state index < -0.39 is 19.4 Å². The van der Waals surface area contributed by atoms with Crippen LogP contribution in [0.5, 0.6) is 0 Å². The van der Waals surface area contributed by atoms with Gasteiger partial charge in [0.05, 0.1) is 0 Å². The Labute approximate surface area is 40.3 Å². The average molecular weight is 640 g/mol. The van der Waals surface area contributed by atoms with Crippen LogP contribution < -0.4 is 0 Å². The van der Waals surface area contributed by atoms with E-state index in [1.54, 1.807) is 0 Å². The number of aliphatic hydroxyl groups is 1. The van der Waals surface area contributed by atoms with Gasteiger partial charge in [0, 0.05) is 0 Å². The number of hydrogen-bond donors (Lipinski definition) is 2. The van der Waals surface area contributed by atoms with E-state index in [-0.39, 0.29) is 0 Å². The number of carboxylic acids is 1. The molecule has 0 amide bonds. The van der Waals surface area contributed by atoms with Crippen LogP contribution in [0.1, 0.15) is 0 Å². The normalized spacial score (nSPS) is 6.78. The Balaban J connectivity index is -0.000000180. The van der Waals surface area contributed by atoms with E-state index in [1.807, 2.05) is 0 Å². The minimum absolute atomic E-state index is 0. The van der Waals surface area contributed by atoms with Crippen molar-refractivity contribution in [2.24, 2.45) is 0 Å². The Hall–Kier alpha value is -2.61. The smallest absolute Gasteiger partial charge is 0.329 e. The van der Waals surface area contributed by atoms with Crippen molar-refractivity contribution in [2.45, 2.75) is 0 Å². The third-order valence-electron chi connectivity index (χ3n) is 0.317. The Bertz CT molecular complexity index is 66.8. The van der Waals surface area contributed by atoms with Crippen LogP contribution in [0.25, 0.3) is 0 Å². The maximum absolute atomic E-state index is 9.52. The van der Waals surface area contributed by atoms with Gasteiger partial charge < -0.3 is 14.9 Å². The van der Waals surface area contributed by atoms with Crippen LogP contribution in [0.3, 0.4) is 0 Å². The topological polar surface area (TPSA) is 66.8 Å². The first kappa shape index (κ1) is 16.2. The molecule has 0 atom stereocenters. The first-order valence-electron chi connectivity index (χ1n) is 1.67. The Morgan fingerprint density at radius 2 is 1.89 bits per heavy atom. The van der Waals surface area contributed by atoms with E-state index in [0.29, 0.717) is 0 Å². The van der Waals surface area contributed by atoms with Crippen LogP contribution in [0.4, 0.5) is 0 Å². The van der Waals surface area contributed by atoms with Gasteiger partial charge in [-0.3, -0.25) is 0 Å². The predicted molar refractivity (Wildman–Crippen MR) is 20.7 cm³/mol. The molecule has 4 nitrogen and oxygen atoms in total. The maximum atomic E-state index is 9.52. The zero-order chi connectivity index (χ0) is 5.70. The summed E-state index contributed by atoms with van der Waals surface area (Å²) in [6.45, 7) is -0.969. The second-order valence-electron chi connectivity index (χ2n) is 0.871. The molecule has 0 aliphatic carbocycles. The summed E-state index contributed by atoms with van der Waals surface area (Å²) >= 11 is 0. The monoisotopic (exact) mass is 640 g/mol. The van der Waals surface area contributed by atoms with Crippen molar-refractivity contribution in [2.75, 3.05) is 13.4 Å². The molecule has 0 bridgehead atoms. The fraction of sp³-hybridized carbons (Fsp3) is 0.667. The second-order valence-corrected chi connectivity index (χ2v) is 0.871. The Morgan fingerprint density at radius 1 is 1.44 bits per heavy atom. The van der Waals surface area contributed by atoms with Gasteiger partial charge in [-0.2, -0.15) is 0 Å². The number of aliphatic hydroxyl groups excluding tert-OH is 1. The first-order chi connectivity index (χ1) is 3.27. The van der Waals surface area contributed by atoms with Crippen LogP contribution in [0.2, 0.25) is 0 Å². The average Bonchev–Trinajstić information content (AvgIpc) is 1.61. The summed E-state index contributed by atoms with van der Waals surface area (Å²) in [7, 11) is 0. The second kappa shape index (κ2) is 9.04. The molecule has 0 radical (unpaired) electrons. The number of aliphatic carboxylic acids is 1. The van der Waals surface area contributed by atoms with Crippen LogP contribution in [-0.4, -0.2) is 29.6 Å². The molecule has 46 valence electrons. The molecule has 0 rings (SSSR count). The molecule has 0 unspecified atom stereocenters. The molecule has 0 heterocycles. The standard InChI is InChI=1S/C3H6O4.2Rf/c4-2-7-1-3(5)6;;/h4H,1-2H2,(H,5,6);;. The van der Waals surface area contributed by atoms with E-state index in [4.69, 9.17) is 10.2 Å². The molecule has 0 aromatic carbocycles. The van der Waals surface area contributed by atoms with Crippen LogP contribution in [0, 0.1) is 0 Å². The predicted octanol–water partition coefficient (Wildman–Crippen LogP) is -0.963. The summed E-state index contributed by atoms with van der Waals surface area (Å²) in [6.07, 6.45) is 0. The summed E-state index contributed by atoms with van der Waals surface area (Å²) in [5.74, 6) is -1.07. The van der Waals surface area contributed by atoms with Gasteiger partial charge in [-0.25, -0.2) is 4.79 Å². The van der Waals surface area contributed by atoms with E-state index in [0.717, 1.165) is 0 Å².